The van der Waals surface area contributed by atoms with E-state index < -0.39 is 6.10 Å². The number of azide groups is 1. The van der Waals surface area contributed by atoms with Crippen LogP contribution in [0.2, 0.25) is 0 Å². The predicted molar refractivity (Wildman–Crippen MR) is 37.4 cm³/mol. The molecule has 0 aromatic carbocycles. The molecule has 0 radical (unpaired) electrons. The van der Waals surface area contributed by atoms with Crippen LogP contribution in [0, 0.1) is 0 Å². The van der Waals surface area contributed by atoms with Gasteiger partial charge in [0.15, 0.2) is 0 Å². The molecule has 0 spiro atoms. The number of hydrogen-bond acceptors (Lipinski definition) is 2. The normalized spacial score (nSPS) is 32.9. The minimum atomic E-state index is -0.398. The number of nitrogens with zero attached hydrogens (tertiary/aromatic N) is 3. The third kappa shape index (κ3) is 1.62. The quantitative estimate of drug-likeness (QED) is 0.336. The van der Waals surface area contributed by atoms with E-state index in [1.165, 1.54) is 0 Å². The zero-order valence-corrected chi connectivity index (χ0v) is 5.77. The van der Waals surface area contributed by atoms with Crippen LogP contribution in [0.4, 0.5) is 0 Å². The van der Waals surface area contributed by atoms with Crippen LogP contribution in [-0.2, 0) is 0 Å². The lowest BCUT2D eigenvalue weighted by atomic mass is 9.93. The van der Waals surface area contributed by atoms with Crippen LogP contribution in [0.1, 0.15) is 25.7 Å². The number of rotatable bonds is 1. The standard InChI is InChI=1S/C6H11N3O/c7-9-8-5-3-1-2-4-6(5)10/h5-6,10H,1-4H2/t5-,6+/m0/s1. The monoisotopic (exact) mass is 141 g/mol. The van der Waals surface area contributed by atoms with Crippen LogP contribution >= 0.6 is 0 Å². The molecular formula is C6H11N3O. The van der Waals surface area contributed by atoms with E-state index in [9.17, 15) is 5.11 Å². The van der Waals surface area contributed by atoms with Gasteiger partial charge in [0.1, 0.15) is 0 Å². The summed E-state index contributed by atoms with van der Waals surface area (Å²) in [5, 5.41) is 12.7. The number of aliphatic hydroxyl groups excluding tert-OH is 1. The van der Waals surface area contributed by atoms with E-state index in [0.717, 1.165) is 25.7 Å². The molecule has 0 aliphatic heterocycles. The molecule has 0 unspecified atom stereocenters. The Morgan fingerprint density at radius 1 is 1.40 bits per heavy atom. The molecule has 1 N–H and O–H groups in total. The fourth-order valence-electron chi connectivity index (χ4n) is 1.29. The molecule has 1 saturated carbocycles. The summed E-state index contributed by atoms with van der Waals surface area (Å²) >= 11 is 0. The molecule has 1 aliphatic rings. The summed E-state index contributed by atoms with van der Waals surface area (Å²) in [6, 6.07) is -0.168. The average Bonchev–Trinajstić information content (AvgIpc) is 1.94. The van der Waals surface area contributed by atoms with E-state index in [1.54, 1.807) is 0 Å². The first-order chi connectivity index (χ1) is 4.84. The molecule has 4 heteroatoms. The maximum Gasteiger partial charge on any atom is 0.0633 e. The summed E-state index contributed by atoms with van der Waals surface area (Å²) in [6.07, 6.45) is 3.35. The van der Waals surface area contributed by atoms with Crippen molar-refractivity contribution < 1.29 is 5.11 Å². The van der Waals surface area contributed by atoms with E-state index in [2.05, 4.69) is 10.0 Å². The lowest BCUT2D eigenvalue weighted by Crippen LogP contribution is -2.27. The van der Waals surface area contributed by atoms with E-state index >= 15 is 0 Å². The summed E-state index contributed by atoms with van der Waals surface area (Å²) in [5.74, 6) is 0. The summed E-state index contributed by atoms with van der Waals surface area (Å²) in [4.78, 5) is 2.67. The van der Waals surface area contributed by atoms with Crippen LogP contribution in [0.5, 0.6) is 0 Å². The molecule has 0 heterocycles. The predicted octanol–water partition coefficient (Wildman–Crippen LogP) is 1.60. The van der Waals surface area contributed by atoms with E-state index in [0.29, 0.717) is 0 Å². The van der Waals surface area contributed by atoms with Crippen LogP contribution in [0.15, 0.2) is 5.11 Å². The zero-order valence-electron chi connectivity index (χ0n) is 5.77. The van der Waals surface area contributed by atoms with E-state index in [4.69, 9.17) is 5.53 Å². The Morgan fingerprint density at radius 3 is 2.70 bits per heavy atom. The van der Waals surface area contributed by atoms with Crippen molar-refractivity contribution in [3.63, 3.8) is 0 Å². The van der Waals surface area contributed by atoms with Gasteiger partial charge in [-0.3, -0.25) is 0 Å². The topological polar surface area (TPSA) is 69.0 Å². The number of aliphatic hydroxyl groups is 1. The van der Waals surface area contributed by atoms with Crippen LogP contribution < -0.4 is 0 Å². The molecule has 0 aromatic heterocycles. The Kier molecular flexibility index (Phi) is 2.54. The molecule has 10 heavy (non-hydrogen) atoms. The molecule has 1 fully saturated rings. The van der Waals surface area contributed by atoms with Crippen molar-refractivity contribution >= 4 is 0 Å². The summed E-state index contributed by atoms with van der Waals surface area (Å²) in [7, 11) is 0. The van der Waals surface area contributed by atoms with Gasteiger partial charge in [-0.05, 0) is 18.4 Å². The summed E-state index contributed by atoms with van der Waals surface area (Å²) < 4.78 is 0. The van der Waals surface area contributed by atoms with Gasteiger partial charge in [-0.2, -0.15) is 0 Å². The molecule has 0 bridgehead atoms. The summed E-state index contributed by atoms with van der Waals surface area (Å²) in [6.45, 7) is 0. The smallest absolute Gasteiger partial charge is 0.0633 e. The van der Waals surface area contributed by atoms with Crippen LogP contribution in [0.3, 0.4) is 0 Å². The maximum absolute atomic E-state index is 9.24. The molecule has 2 atom stereocenters. The lowest BCUT2D eigenvalue weighted by Gasteiger charge is -2.22. The fourth-order valence-corrected chi connectivity index (χ4v) is 1.29. The van der Waals surface area contributed by atoms with Crippen molar-refractivity contribution in [1.82, 2.24) is 0 Å². The van der Waals surface area contributed by atoms with Gasteiger partial charge in [0.05, 0.1) is 12.1 Å². The Hall–Kier alpha value is -0.730. The van der Waals surface area contributed by atoms with Gasteiger partial charge in [0, 0.05) is 4.91 Å². The first kappa shape index (κ1) is 7.38. The molecule has 0 aromatic rings. The van der Waals surface area contributed by atoms with Gasteiger partial charge < -0.3 is 5.11 Å². The third-order valence-electron chi connectivity index (χ3n) is 1.89. The van der Waals surface area contributed by atoms with Crippen molar-refractivity contribution in [1.29, 1.82) is 0 Å². The molecule has 1 aliphatic carbocycles. The first-order valence-corrected chi connectivity index (χ1v) is 3.57. The second-order valence-electron chi connectivity index (χ2n) is 2.62. The Labute approximate surface area is 59.5 Å². The van der Waals surface area contributed by atoms with Gasteiger partial charge in [-0.25, -0.2) is 0 Å². The van der Waals surface area contributed by atoms with Crippen LogP contribution in [0.25, 0.3) is 10.4 Å². The van der Waals surface area contributed by atoms with Crippen molar-refractivity contribution in [2.75, 3.05) is 0 Å². The number of hydrogen-bond donors (Lipinski definition) is 1. The van der Waals surface area contributed by atoms with Gasteiger partial charge in [0.2, 0.25) is 0 Å². The zero-order chi connectivity index (χ0) is 7.40. The first-order valence-electron chi connectivity index (χ1n) is 3.57. The van der Waals surface area contributed by atoms with Crippen molar-refractivity contribution in [3.8, 4) is 0 Å². The van der Waals surface area contributed by atoms with Crippen molar-refractivity contribution in [3.05, 3.63) is 10.4 Å². The summed E-state index contributed by atoms with van der Waals surface area (Å²) in [5.41, 5.74) is 8.08. The van der Waals surface area contributed by atoms with Gasteiger partial charge in [0.25, 0.3) is 0 Å². The van der Waals surface area contributed by atoms with Crippen molar-refractivity contribution in [2.24, 2.45) is 5.11 Å². The van der Waals surface area contributed by atoms with E-state index in [-0.39, 0.29) is 6.04 Å². The molecular weight excluding hydrogens is 130 g/mol. The minimum Gasteiger partial charge on any atom is -0.393 e. The SMILES string of the molecule is [N-]=[N+]=N[C@H]1CCCC[C@H]1O. The van der Waals surface area contributed by atoms with Crippen molar-refractivity contribution in [2.45, 2.75) is 37.8 Å². The average molecular weight is 141 g/mol. The van der Waals surface area contributed by atoms with Crippen LogP contribution in [-0.4, -0.2) is 17.3 Å². The highest BCUT2D eigenvalue weighted by molar-refractivity contribution is 4.80. The van der Waals surface area contributed by atoms with Gasteiger partial charge >= 0.3 is 0 Å². The van der Waals surface area contributed by atoms with Gasteiger partial charge in [-0.1, -0.05) is 18.0 Å². The van der Waals surface area contributed by atoms with Gasteiger partial charge in [-0.15, -0.1) is 0 Å². The lowest BCUT2D eigenvalue weighted by molar-refractivity contribution is 0.108. The maximum atomic E-state index is 9.24. The molecule has 4 nitrogen and oxygen atoms in total. The van der Waals surface area contributed by atoms with E-state index in [1.807, 2.05) is 0 Å². The third-order valence-corrected chi connectivity index (χ3v) is 1.89. The molecule has 56 valence electrons. The largest absolute Gasteiger partial charge is 0.393 e. The molecule has 1 rings (SSSR count). The Bertz CT molecular complexity index is 153. The fraction of sp³-hybridized carbons (Fsp3) is 1.00. The second-order valence-corrected chi connectivity index (χ2v) is 2.62. The molecule has 0 amide bonds. The second kappa shape index (κ2) is 3.44. The molecule has 0 saturated heterocycles. The highest BCUT2D eigenvalue weighted by atomic mass is 16.3. The highest BCUT2D eigenvalue weighted by Gasteiger charge is 2.20. The Morgan fingerprint density at radius 2 is 2.10 bits per heavy atom. The Balaban J connectivity index is 2.47. The highest BCUT2D eigenvalue weighted by Crippen LogP contribution is 2.20. The minimum absolute atomic E-state index is 0.168.